The molecule has 2 atom stereocenters. The number of hydrogen-bond acceptors (Lipinski definition) is 4. The Bertz CT molecular complexity index is 890. The number of halogens is 1. The third-order valence-electron chi connectivity index (χ3n) is 6.53. The van der Waals surface area contributed by atoms with E-state index >= 15 is 0 Å². The van der Waals surface area contributed by atoms with Crippen molar-refractivity contribution in [2.24, 2.45) is 0 Å². The molecule has 6 nitrogen and oxygen atoms in total. The number of hydrogen-bond donors (Lipinski definition) is 2. The maximum absolute atomic E-state index is 12.7. The van der Waals surface area contributed by atoms with Gasteiger partial charge in [0.25, 0.3) is 0 Å². The molecule has 0 aromatic heterocycles. The van der Waals surface area contributed by atoms with Gasteiger partial charge < -0.3 is 25.1 Å². The van der Waals surface area contributed by atoms with E-state index in [9.17, 15) is 9.90 Å². The standard InChI is InChI=1S/C24H31ClN4O2.2H2/c1-27(2)22-15-29(16-23(22)30)21-9-7-20(8-10-21)26-24(31)28-13-11-18(12-14-28)17-3-5-19(25)6-4-17;;/h3-10,18,22-23,30H,11-16H2,1-2H3,(H,26,31);2*1H. The second-order valence-corrected chi connectivity index (χ2v) is 9.23. The highest BCUT2D eigenvalue weighted by atomic mass is 35.5. The van der Waals surface area contributed by atoms with E-state index in [4.69, 9.17) is 11.6 Å². The number of benzene rings is 2. The molecule has 0 bridgehead atoms. The quantitative estimate of drug-likeness (QED) is 0.732. The zero-order valence-corrected chi connectivity index (χ0v) is 18.9. The molecule has 2 aromatic carbocycles. The lowest BCUT2D eigenvalue weighted by Crippen LogP contribution is -2.40. The van der Waals surface area contributed by atoms with E-state index in [1.54, 1.807) is 0 Å². The molecule has 31 heavy (non-hydrogen) atoms. The lowest BCUT2D eigenvalue weighted by Gasteiger charge is -2.32. The third kappa shape index (κ3) is 5.14. The zero-order valence-electron chi connectivity index (χ0n) is 18.2. The van der Waals surface area contributed by atoms with Crippen LogP contribution in [0.3, 0.4) is 0 Å². The van der Waals surface area contributed by atoms with Crippen molar-refractivity contribution in [1.82, 2.24) is 9.80 Å². The zero-order chi connectivity index (χ0) is 22.0. The van der Waals surface area contributed by atoms with E-state index < -0.39 is 0 Å². The van der Waals surface area contributed by atoms with Crippen LogP contribution in [0.15, 0.2) is 48.5 Å². The summed E-state index contributed by atoms with van der Waals surface area (Å²) in [4.78, 5) is 18.8. The summed E-state index contributed by atoms with van der Waals surface area (Å²) in [6.45, 7) is 2.91. The first kappa shape index (κ1) is 21.9. The molecule has 2 aromatic rings. The van der Waals surface area contributed by atoms with Gasteiger partial charge in [0, 0.05) is 45.4 Å². The van der Waals surface area contributed by atoms with Crippen molar-refractivity contribution < 1.29 is 12.8 Å². The van der Waals surface area contributed by atoms with Crippen molar-refractivity contribution in [2.45, 2.75) is 30.9 Å². The van der Waals surface area contributed by atoms with Crippen LogP contribution in [0.25, 0.3) is 0 Å². The summed E-state index contributed by atoms with van der Waals surface area (Å²) in [6, 6.07) is 16.0. The topological polar surface area (TPSA) is 59.0 Å². The fraction of sp³-hybridized carbons (Fsp3) is 0.458. The summed E-state index contributed by atoms with van der Waals surface area (Å²) in [7, 11) is 3.99. The van der Waals surface area contributed by atoms with Crippen LogP contribution in [-0.2, 0) is 0 Å². The Morgan fingerprint density at radius 2 is 1.71 bits per heavy atom. The monoisotopic (exact) mass is 446 g/mol. The van der Waals surface area contributed by atoms with E-state index in [2.05, 4.69) is 27.2 Å². The summed E-state index contributed by atoms with van der Waals surface area (Å²) < 4.78 is 0. The molecule has 2 saturated heterocycles. The summed E-state index contributed by atoms with van der Waals surface area (Å²) in [5.41, 5.74) is 3.14. The number of urea groups is 1. The summed E-state index contributed by atoms with van der Waals surface area (Å²) >= 11 is 5.99. The number of piperidine rings is 1. The van der Waals surface area contributed by atoms with E-state index in [1.807, 2.05) is 55.4 Å². The molecule has 2 unspecified atom stereocenters. The van der Waals surface area contributed by atoms with Gasteiger partial charge in [0.1, 0.15) is 0 Å². The second kappa shape index (κ2) is 9.47. The molecule has 0 spiro atoms. The molecule has 2 aliphatic rings. The Morgan fingerprint density at radius 1 is 1.06 bits per heavy atom. The largest absolute Gasteiger partial charge is 0.390 e. The molecule has 2 fully saturated rings. The first-order chi connectivity index (χ1) is 14.9. The Balaban J connectivity index is 0.00000193. The van der Waals surface area contributed by atoms with Gasteiger partial charge in [-0.3, -0.25) is 0 Å². The van der Waals surface area contributed by atoms with Gasteiger partial charge in [-0.1, -0.05) is 23.7 Å². The smallest absolute Gasteiger partial charge is 0.321 e. The van der Waals surface area contributed by atoms with Gasteiger partial charge in [0.05, 0.1) is 12.1 Å². The summed E-state index contributed by atoms with van der Waals surface area (Å²) in [5.74, 6) is 0.474. The molecule has 0 saturated carbocycles. The van der Waals surface area contributed by atoms with Gasteiger partial charge in [0.2, 0.25) is 0 Å². The van der Waals surface area contributed by atoms with E-state index in [1.165, 1.54) is 5.56 Å². The number of nitrogens with one attached hydrogen (secondary N) is 1. The van der Waals surface area contributed by atoms with Crippen LogP contribution in [0.1, 0.15) is 27.2 Å². The number of likely N-dealkylation sites (tertiary alicyclic amines) is 1. The second-order valence-electron chi connectivity index (χ2n) is 8.79. The number of aliphatic hydroxyl groups excluding tert-OH is 1. The fourth-order valence-corrected chi connectivity index (χ4v) is 4.72. The first-order valence-electron chi connectivity index (χ1n) is 10.9. The maximum Gasteiger partial charge on any atom is 0.321 e. The van der Waals surface area contributed by atoms with Crippen LogP contribution in [0.4, 0.5) is 16.2 Å². The predicted molar refractivity (Wildman–Crippen MR) is 130 cm³/mol. The Kier molecular flexibility index (Phi) is 6.70. The van der Waals surface area contributed by atoms with Gasteiger partial charge >= 0.3 is 6.03 Å². The number of anilines is 2. The molecule has 7 heteroatoms. The van der Waals surface area contributed by atoms with Gasteiger partial charge in [0.15, 0.2) is 0 Å². The molecule has 2 N–H and O–H groups in total. The van der Waals surface area contributed by atoms with Crippen LogP contribution in [0.2, 0.25) is 5.02 Å². The average molecular weight is 447 g/mol. The molecule has 4 rings (SSSR count). The van der Waals surface area contributed by atoms with Gasteiger partial charge in [-0.15, -0.1) is 0 Å². The molecule has 2 heterocycles. The lowest BCUT2D eigenvalue weighted by atomic mass is 9.89. The Hall–Kier alpha value is -2.28. The molecule has 2 aliphatic heterocycles. The van der Waals surface area contributed by atoms with Crippen molar-refractivity contribution in [3.63, 3.8) is 0 Å². The number of rotatable bonds is 4. The molecule has 2 amide bonds. The number of β-amino-alcohol motifs (C(OH)–C–C–N with tert-alkyl or cyclic N) is 1. The minimum Gasteiger partial charge on any atom is -0.390 e. The van der Waals surface area contributed by atoms with E-state index in [-0.39, 0.29) is 21.0 Å². The third-order valence-corrected chi connectivity index (χ3v) is 6.78. The number of likely N-dealkylation sites (N-methyl/N-ethyl adjacent to an activating group) is 1. The molecular weight excluding hydrogens is 412 g/mol. The number of aliphatic hydroxyl groups is 1. The Labute approximate surface area is 192 Å². The van der Waals surface area contributed by atoms with Crippen molar-refractivity contribution in [1.29, 1.82) is 0 Å². The molecule has 170 valence electrons. The van der Waals surface area contributed by atoms with Crippen molar-refractivity contribution >= 4 is 29.0 Å². The number of amides is 2. The highest BCUT2D eigenvalue weighted by Crippen LogP contribution is 2.29. The molecule has 0 radical (unpaired) electrons. The first-order valence-corrected chi connectivity index (χ1v) is 11.3. The van der Waals surface area contributed by atoms with Gasteiger partial charge in [-0.05, 0) is 74.8 Å². The summed E-state index contributed by atoms with van der Waals surface area (Å²) in [6.07, 6.45) is 1.56. The van der Waals surface area contributed by atoms with Crippen molar-refractivity contribution in [2.75, 3.05) is 50.5 Å². The number of carbonyl (C=O) groups excluding carboxylic acids is 1. The van der Waals surface area contributed by atoms with Crippen LogP contribution in [-0.4, -0.2) is 73.4 Å². The van der Waals surface area contributed by atoms with Crippen LogP contribution >= 0.6 is 11.6 Å². The maximum atomic E-state index is 12.7. The van der Waals surface area contributed by atoms with Crippen molar-refractivity contribution in [3.8, 4) is 0 Å². The SMILES string of the molecule is CN(C)C1CN(c2ccc(NC(=O)N3CCC(c4ccc(Cl)cc4)CC3)cc2)CC1O.[HH].[HH]. The molecular formula is C24H35ClN4O2. The summed E-state index contributed by atoms with van der Waals surface area (Å²) in [5, 5.41) is 14.0. The Morgan fingerprint density at radius 3 is 2.29 bits per heavy atom. The van der Waals surface area contributed by atoms with Gasteiger partial charge in [-0.25, -0.2) is 4.79 Å². The van der Waals surface area contributed by atoms with Crippen LogP contribution < -0.4 is 10.2 Å². The highest BCUT2D eigenvalue weighted by molar-refractivity contribution is 6.30. The van der Waals surface area contributed by atoms with E-state index in [0.717, 1.165) is 48.9 Å². The minimum absolute atomic E-state index is 0. The normalized spacial score (nSPS) is 22.2. The molecule has 0 aliphatic carbocycles. The van der Waals surface area contributed by atoms with Crippen LogP contribution in [0.5, 0.6) is 0 Å². The van der Waals surface area contributed by atoms with Crippen molar-refractivity contribution in [3.05, 3.63) is 59.1 Å². The lowest BCUT2D eigenvalue weighted by molar-refractivity contribution is 0.114. The highest BCUT2D eigenvalue weighted by Gasteiger charge is 2.32. The number of carbonyl (C=O) groups is 1. The number of nitrogens with zero attached hydrogens (tertiary/aromatic N) is 3. The predicted octanol–water partition coefficient (Wildman–Crippen LogP) is 4.35. The van der Waals surface area contributed by atoms with Gasteiger partial charge in [-0.2, -0.15) is 0 Å². The minimum atomic E-state index is -0.356. The van der Waals surface area contributed by atoms with E-state index in [0.29, 0.717) is 12.5 Å². The average Bonchev–Trinajstić information content (AvgIpc) is 3.17. The van der Waals surface area contributed by atoms with Crippen LogP contribution in [0, 0.1) is 0 Å². The fourth-order valence-electron chi connectivity index (χ4n) is 4.60.